The minimum Gasteiger partial charge on any atom is -0.268 e. The summed E-state index contributed by atoms with van der Waals surface area (Å²) < 4.78 is 12.7. The van der Waals surface area contributed by atoms with Crippen LogP contribution in [0.15, 0.2) is 41.8 Å². The topological polar surface area (TPSA) is 37.4 Å². The molecule has 0 atom stereocenters. The van der Waals surface area contributed by atoms with Gasteiger partial charge in [0.2, 0.25) is 0 Å². The predicted molar refractivity (Wildman–Crippen MR) is 69.3 cm³/mol. The lowest BCUT2D eigenvalue weighted by Gasteiger charge is -2.07. The van der Waals surface area contributed by atoms with E-state index >= 15 is 0 Å². The molecule has 5 heteroatoms. The van der Waals surface area contributed by atoms with Gasteiger partial charge in [-0.15, -0.1) is 6.58 Å². The number of thioether (sulfide) groups is 1. The van der Waals surface area contributed by atoms with Gasteiger partial charge in [0.25, 0.3) is 11.1 Å². The van der Waals surface area contributed by atoms with Crippen molar-refractivity contribution in [3.63, 3.8) is 0 Å². The third-order valence-corrected chi connectivity index (χ3v) is 3.26. The first-order valence-electron chi connectivity index (χ1n) is 5.23. The Bertz CT molecular complexity index is 536. The van der Waals surface area contributed by atoms with Crippen molar-refractivity contribution in [3.05, 3.63) is 53.2 Å². The van der Waals surface area contributed by atoms with E-state index in [1.165, 1.54) is 18.2 Å². The zero-order chi connectivity index (χ0) is 13.1. The molecule has 0 radical (unpaired) electrons. The van der Waals surface area contributed by atoms with Crippen LogP contribution < -0.4 is 0 Å². The molecule has 2 rings (SSSR count). The van der Waals surface area contributed by atoms with Crippen molar-refractivity contribution in [3.8, 4) is 0 Å². The van der Waals surface area contributed by atoms with E-state index in [1.54, 1.807) is 18.2 Å². The molecule has 1 heterocycles. The Morgan fingerprint density at radius 1 is 1.28 bits per heavy atom. The van der Waals surface area contributed by atoms with Crippen LogP contribution >= 0.6 is 11.8 Å². The quantitative estimate of drug-likeness (QED) is 0.621. The highest BCUT2D eigenvalue weighted by Crippen LogP contribution is 2.31. The van der Waals surface area contributed by atoms with Gasteiger partial charge in [-0.25, -0.2) is 4.39 Å². The third-order valence-electron chi connectivity index (χ3n) is 2.35. The third kappa shape index (κ3) is 2.51. The summed E-state index contributed by atoms with van der Waals surface area (Å²) in [6.07, 6.45) is 3.07. The molecule has 0 N–H and O–H groups in total. The van der Waals surface area contributed by atoms with Gasteiger partial charge in [0.05, 0.1) is 4.91 Å². The van der Waals surface area contributed by atoms with Crippen molar-refractivity contribution in [2.24, 2.45) is 0 Å². The van der Waals surface area contributed by atoms with Crippen molar-refractivity contribution >= 4 is 29.0 Å². The van der Waals surface area contributed by atoms with E-state index in [1.807, 2.05) is 0 Å². The van der Waals surface area contributed by atoms with Crippen LogP contribution in [0.4, 0.5) is 9.18 Å². The van der Waals surface area contributed by atoms with Crippen LogP contribution in [0.5, 0.6) is 0 Å². The highest BCUT2D eigenvalue weighted by molar-refractivity contribution is 8.18. The smallest absolute Gasteiger partial charge is 0.268 e. The van der Waals surface area contributed by atoms with Crippen LogP contribution in [0.1, 0.15) is 5.56 Å². The van der Waals surface area contributed by atoms with Gasteiger partial charge in [-0.2, -0.15) is 0 Å². The van der Waals surface area contributed by atoms with E-state index in [9.17, 15) is 14.0 Å². The fraction of sp³-hybridized carbons (Fsp3) is 0.0769. The molecule has 18 heavy (non-hydrogen) atoms. The summed E-state index contributed by atoms with van der Waals surface area (Å²) in [6.45, 7) is 3.70. The van der Waals surface area contributed by atoms with Crippen LogP contribution in [0, 0.1) is 5.82 Å². The second-order valence-corrected chi connectivity index (χ2v) is 4.63. The molecule has 0 spiro atoms. The average Bonchev–Trinajstić information content (AvgIpc) is 2.60. The number of amides is 2. The van der Waals surface area contributed by atoms with Gasteiger partial charge in [0.1, 0.15) is 5.82 Å². The summed E-state index contributed by atoms with van der Waals surface area (Å²) in [6, 6.07) is 5.72. The second-order valence-electron chi connectivity index (χ2n) is 3.63. The number of hydrogen-bond acceptors (Lipinski definition) is 3. The predicted octanol–water partition coefficient (Wildman–Crippen LogP) is 3.05. The van der Waals surface area contributed by atoms with Gasteiger partial charge in [0, 0.05) is 6.54 Å². The number of rotatable bonds is 3. The number of benzene rings is 1. The number of imide groups is 1. The minimum atomic E-state index is -0.341. The summed E-state index contributed by atoms with van der Waals surface area (Å²) in [5, 5.41) is -0.312. The summed E-state index contributed by atoms with van der Waals surface area (Å²) in [4.78, 5) is 24.9. The molecule has 1 aromatic carbocycles. The van der Waals surface area contributed by atoms with Gasteiger partial charge in [-0.1, -0.05) is 18.2 Å². The Balaban J connectivity index is 2.24. The number of carbonyl (C=O) groups excluding carboxylic acids is 2. The Kier molecular flexibility index (Phi) is 3.62. The molecule has 1 saturated heterocycles. The van der Waals surface area contributed by atoms with E-state index < -0.39 is 0 Å². The zero-order valence-electron chi connectivity index (χ0n) is 9.43. The van der Waals surface area contributed by atoms with E-state index in [0.717, 1.165) is 16.7 Å². The maximum absolute atomic E-state index is 12.7. The molecule has 0 saturated carbocycles. The first kappa shape index (κ1) is 12.6. The largest absolute Gasteiger partial charge is 0.293 e. The first-order chi connectivity index (χ1) is 8.61. The van der Waals surface area contributed by atoms with Crippen LogP contribution in [-0.2, 0) is 4.79 Å². The molecule has 2 amide bonds. The second kappa shape index (κ2) is 5.18. The lowest BCUT2D eigenvalue weighted by atomic mass is 10.2. The maximum atomic E-state index is 12.7. The molecule has 0 aromatic heterocycles. The van der Waals surface area contributed by atoms with Crippen molar-refractivity contribution < 1.29 is 14.0 Å². The molecule has 0 aliphatic carbocycles. The maximum Gasteiger partial charge on any atom is 0.293 e. The summed E-state index contributed by atoms with van der Waals surface area (Å²) in [5.74, 6) is -0.680. The number of halogens is 1. The normalized spacial score (nSPS) is 17.6. The standard InChI is InChI=1S/C13H10FNO2S/c1-2-7-15-12(16)11(18-13(15)17)8-9-3-5-10(14)6-4-9/h2-6,8H,1,7H2/b11-8-. The van der Waals surface area contributed by atoms with Crippen LogP contribution in [-0.4, -0.2) is 22.6 Å². The van der Waals surface area contributed by atoms with E-state index in [0.29, 0.717) is 10.5 Å². The summed E-state index contributed by atoms with van der Waals surface area (Å²) in [5.41, 5.74) is 0.681. The molecular formula is C13H10FNO2S. The lowest BCUT2D eigenvalue weighted by molar-refractivity contribution is -0.122. The molecule has 3 nitrogen and oxygen atoms in total. The highest BCUT2D eigenvalue weighted by Gasteiger charge is 2.33. The minimum absolute atomic E-state index is 0.200. The van der Waals surface area contributed by atoms with Gasteiger partial charge < -0.3 is 0 Å². The molecule has 1 aliphatic rings. The Labute approximate surface area is 108 Å². The molecule has 0 bridgehead atoms. The Morgan fingerprint density at radius 2 is 1.94 bits per heavy atom. The van der Waals surface area contributed by atoms with Crippen molar-refractivity contribution in [2.45, 2.75) is 0 Å². The summed E-state index contributed by atoms with van der Waals surface area (Å²) in [7, 11) is 0. The van der Waals surface area contributed by atoms with E-state index in [4.69, 9.17) is 0 Å². The zero-order valence-corrected chi connectivity index (χ0v) is 10.2. The summed E-state index contributed by atoms with van der Waals surface area (Å²) >= 11 is 0.878. The van der Waals surface area contributed by atoms with Crippen LogP contribution in [0.2, 0.25) is 0 Å². The molecule has 92 valence electrons. The Morgan fingerprint density at radius 3 is 2.56 bits per heavy atom. The van der Waals surface area contributed by atoms with Crippen molar-refractivity contribution in [2.75, 3.05) is 6.54 Å². The molecular weight excluding hydrogens is 253 g/mol. The SMILES string of the molecule is C=CCN1C(=O)S/C(=C\c2ccc(F)cc2)C1=O. The van der Waals surface area contributed by atoms with Crippen molar-refractivity contribution in [1.29, 1.82) is 0 Å². The number of carbonyl (C=O) groups is 2. The molecule has 1 aromatic rings. The molecule has 1 fully saturated rings. The fourth-order valence-electron chi connectivity index (χ4n) is 1.50. The van der Waals surface area contributed by atoms with Crippen molar-refractivity contribution in [1.82, 2.24) is 4.90 Å². The number of hydrogen-bond donors (Lipinski definition) is 0. The van der Waals surface area contributed by atoms with Crippen LogP contribution in [0.3, 0.4) is 0 Å². The average molecular weight is 263 g/mol. The van der Waals surface area contributed by atoms with Gasteiger partial charge in [0.15, 0.2) is 0 Å². The lowest BCUT2D eigenvalue weighted by Crippen LogP contribution is -2.27. The molecule has 1 aliphatic heterocycles. The Hall–Kier alpha value is -1.88. The number of nitrogens with zero attached hydrogens (tertiary/aromatic N) is 1. The van der Waals surface area contributed by atoms with Gasteiger partial charge in [-0.3, -0.25) is 14.5 Å². The molecule has 0 unspecified atom stereocenters. The van der Waals surface area contributed by atoms with Gasteiger partial charge in [-0.05, 0) is 35.5 Å². The first-order valence-corrected chi connectivity index (χ1v) is 6.05. The highest BCUT2D eigenvalue weighted by atomic mass is 32.2. The monoisotopic (exact) mass is 263 g/mol. The van der Waals surface area contributed by atoms with E-state index in [-0.39, 0.29) is 23.5 Å². The van der Waals surface area contributed by atoms with Gasteiger partial charge >= 0.3 is 0 Å². The van der Waals surface area contributed by atoms with Crippen LogP contribution in [0.25, 0.3) is 6.08 Å². The van der Waals surface area contributed by atoms with E-state index in [2.05, 4.69) is 6.58 Å². The fourth-order valence-corrected chi connectivity index (χ4v) is 2.35.